The highest BCUT2D eigenvalue weighted by Crippen LogP contribution is 2.22. The minimum Gasteiger partial charge on any atom is -0.393 e. The summed E-state index contributed by atoms with van der Waals surface area (Å²) in [7, 11) is -1.94. The van der Waals surface area contributed by atoms with Gasteiger partial charge in [0.1, 0.15) is 0 Å². The van der Waals surface area contributed by atoms with Gasteiger partial charge in [-0.05, 0) is 26.2 Å². The van der Waals surface area contributed by atoms with E-state index >= 15 is 0 Å². The minimum atomic E-state index is -3.37. The molecule has 6 heteroatoms. The van der Waals surface area contributed by atoms with Crippen molar-refractivity contribution >= 4 is 10.2 Å². The number of aliphatic hydroxyl groups is 1. The molecule has 2 unspecified atom stereocenters. The number of nitrogens with zero attached hydrogens (tertiary/aromatic N) is 1. The molecule has 96 valence electrons. The standard InChI is InChI=1S/C10H22N2O3S/c1-9(13)8-10-6-4-3-5-7-12(10)16(14,15)11-2/h9-11,13H,3-8H2,1-2H3. The molecular weight excluding hydrogens is 228 g/mol. The molecule has 5 nitrogen and oxygen atoms in total. The maximum Gasteiger partial charge on any atom is 0.279 e. The highest BCUT2D eigenvalue weighted by Gasteiger charge is 2.30. The Hall–Kier alpha value is -0.170. The van der Waals surface area contributed by atoms with Crippen LogP contribution in [-0.2, 0) is 10.2 Å². The van der Waals surface area contributed by atoms with Crippen LogP contribution in [0.3, 0.4) is 0 Å². The van der Waals surface area contributed by atoms with E-state index in [0.717, 1.165) is 25.7 Å². The molecular formula is C10H22N2O3S. The summed E-state index contributed by atoms with van der Waals surface area (Å²) in [6.07, 6.45) is 3.89. The van der Waals surface area contributed by atoms with Gasteiger partial charge < -0.3 is 5.11 Å². The molecule has 0 spiro atoms. The Labute approximate surface area is 98.0 Å². The molecule has 0 aromatic rings. The molecule has 1 heterocycles. The first-order valence-corrected chi connectivity index (χ1v) is 7.29. The summed E-state index contributed by atoms with van der Waals surface area (Å²) in [5.41, 5.74) is 0. The van der Waals surface area contributed by atoms with Gasteiger partial charge in [-0.25, -0.2) is 4.72 Å². The van der Waals surface area contributed by atoms with Crippen molar-refractivity contribution in [3.05, 3.63) is 0 Å². The van der Waals surface area contributed by atoms with Crippen LogP contribution in [-0.4, -0.2) is 43.6 Å². The number of nitrogens with one attached hydrogen (secondary N) is 1. The molecule has 0 radical (unpaired) electrons. The zero-order valence-electron chi connectivity index (χ0n) is 10.0. The summed E-state index contributed by atoms with van der Waals surface area (Å²) in [5.74, 6) is 0. The van der Waals surface area contributed by atoms with Crippen molar-refractivity contribution in [1.82, 2.24) is 9.03 Å². The SMILES string of the molecule is CNS(=O)(=O)N1CCCCCC1CC(C)O. The Morgan fingerprint density at radius 2 is 2.12 bits per heavy atom. The molecule has 2 N–H and O–H groups in total. The number of aliphatic hydroxyl groups excluding tert-OH is 1. The predicted octanol–water partition coefficient (Wildman–Crippen LogP) is 0.466. The highest BCUT2D eigenvalue weighted by atomic mass is 32.2. The van der Waals surface area contributed by atoms with Crippen LogP contribution in [0, 0.1) is 0 Å². The normalized spacial score (nSPS) is 26.3. The molecule has 1 rings (SSSR count). The van der Waals surface area contributed by atoms with Gasteiger partial charge in [0.25, 0.3) is 10.2 Å². The van der Waals surface area contributed by atoms with Crippen LogP contribution in [0.4, 0.5) is 0 Å². The molecule has 0 aromatic heterocycles. The molecule has 1 aliphatic heterocycles. The van der Waals surface area contributed by atoms with Crippen molar-refractivity contribution in [2.24, 2.45) is 0 Å². The van der Waals surface area contributed by atoms with E-state index in [1.165, 1.54) is 11.4 Å². The average molecular weight is 250 g/mol. The summed E-state index contributed by atoms with van der Waals surface area (Å²) in [6.45, 7) is 2.26. The highest BCUT2D eigenvalue weighted by molar-refractivity contribution is 7.87. The maximum absolute atomic E-state index is 11.8. The first kappa shape index (κ1) is 13.9. The average Bonchev–Trinajstić information content (AvgIpc) is 2.43. The van der Waals surface area contributed by atoms with Crippen LogP contribution in [0.15, 0.2) is 0 Å². The Balaban J connectivity index is 2.81. The Kier molecular flexibility index (Phi) is 5.17. The summed E-state index contributed by atoms with van der Waals surface area (Å²) in [5, 5.41) is 9.41. The minimum absolute atomic E-state index is 0.0695. The van der Waals surface area contributed by atoms with Crippen LogP contribution in [0.25, 0.3) is 0 Å². The smallest absolute Gasteiger partial charge is 0.279 e. The number of rotatable bonds is 4. The fourth-order valence-electron chi connectivity index (χ4n) is 2.21. The molecule has 1 saturated heterocycles. The zero-order chi connectivity index (χ0) is 12.2. The van der Waals surface area contributed by atoms with Crippen molar-refractivity contribution in [2.75, 3.05) is 13.6 Å². The monoisotopic (exact) mass is 250 g/mol. The van der Waals surface area contributed by atoms with Gasteiger partial charge in [-0.15, -0.1) is 0 Å². The second-order valence-corrected chi connectivity index (χ2v) is 6.24. The lowest BCUT2D eigenvalue weighted by atomic mass is 10.1. The van der Waals surface area contributed by atoms with E-state index in [9.17, 15) is 13.5 Å². The van der Waals surface area contributed by atoms with Gasteiger partial charge in [-0.1, -0.05) is 12.8 Å². The third-order valence-corrected chi connectivity index (χ3v) is 4.62. The molecule has 0 bridgehead atoms. The Morgan fingerprint density at radius 3 is 2.69 bits per heavy atom. The van der Waals surface area contributed by atoms with Gasteiger partial charge in [0.15, 0.2) is 0 Å². The maximum atomic E-state index is 11.8. The molecule has 1 fully saturated rings. The lowest BCUT2D eigenvalue weighted by Crippen LogP contribution is -2.46. The second kappa shape index (κ2) is 5.95. The molecule has 0 aromatic carbocycles. The molecule has 0 amide bonds. The molecule has 16 heavy (non-hydrogen) atoms. The Morgan fingerprint density at radius 1 is 1.44 bits per heavy atom. The van der Waals surface area contributed by atoms with Gasteiger partial charge in [-0.2, -0.15) is 12.7 Å². The van der Waals surface area contributed by atoms with E-state index < -0.39 is 16.3 Å². The van der Waals surface area contributed by atoms with Gasteiger partial charge in [0, 0.05) is 19.6 Å². The third-order valence-electron chi connectivity index (χ3n) is 3.00. The van der Waals surface area contributed by atoms with E-state index in [1.54, 1.807) is 6.92 Å². The molecule has 0 aliphatic carbocycles. The number of hydrogen-bond acceptors (Lipinski definition) is 3. The summed E-state index contributed by atoms with van der Waals surface area (Å²) >= 11 is 0. The first-order valence-electron chi connectivity index (χ1n) is 5.85. The van der Waals surface area contributed by atoms with Crippen LogP contribution in [0.1, 0.15) is 39.0 Å². The zero-order valence-corrected chi connectivity index (χ0v) is 10.8. The molecule has 1 aliphatic rings. The van der Waals surface area contributed by atoms with Gasteiger partial charge in [0.05, 0.1) is 6.10 Å². The van der Waals surface area contributed by atoms with Crippen LogP contribution in [0.2, 0.25) is 0 Å². The quantitative estimate of drug-likeness (QED) is 0.762. The molecule has 0 saturated carbocycles. The number of hydrogen-bond donors (Lipinski definition) is 2. The van der Waals surface area contributed by atoms with Crippen LogP contribution < -0.4 is 4.72 Å². The lowest BCUT2D eigenvalue weighted by Gasteiger charge is -2.29. The lowest BCUT2D eigenvalue weighted by molar-refractivity contribution is 0.146. The van der Waals surface area contributed by atoms with E-state index in [-0.39, 0.29) is 6.04 Å². The van der Waals surface area contributed by atoms with Crippen molar-refractivity contribution in [3.63, 3.8) is 0 Å². The summed E-state index contributed by atoms with van der Waals surface area (Å²) in [4.78, 5) is 0. The predicted molar refractivity (Wildman–Crippen MR) is 63.2 cm³/mol. The summed E-state index contributed by atoms with van der Waals surface area (Å²) in [6, 6.07) is -0.0695. The third kappa shape index (κ3) is 3.69. The fourth-order valence-corrected chi connectivity index (χ4v) is 3.40. The van der Waals surface area contributed by atoms with E-state index in [2.05, 4.69) is 4.72 Å². The van der Waals surface area contributed by atoms with Crippen molar-refractivity contribution in [3.8, 4) is 0 Å². The van der Waals surface area contributed by atoms with Crippen molar-refractivity contribution < 1.29 is 13.5 Å². The summed E-state index contributed by atoms with van der Waals surface area (Å²) < 4.78 is 27.5. The van der Waals surface area contributed by atoms with Gasteiger partial charge in [-0.3, -0.25) is 0 Å². The van der Waals surface area contributed by atoms with Crippen LogP contribution in [0.5, 0.6) is 0 Å². The topological polar surface area (TPSA) is 69.6 Å². The largest absolute Gasteiger partial charge is 0.393 e. The van der Waals surface area contributed by atoms with Gasteiger partial charge in [0.2, 0.25) is 0 Å². The van der Waals surface area contributed by atoms with Crippen molar-refractivity contribution in [2.45, 2.75) is 51.2 Å². The van der Waals surface area contributed by atoms with Gasteiger partial charge >= 0.3 is 0 Å². The fraction of sp³-hybridized carbons (Fsp3) is 1.00. The van der Waals surface area contributed by atoms with E-state index in [4.69, 9.17) is 0 Å². The van der Waals surface area contributed by atoms with Crippen molar-refractivity contribution in [1.29, 1.82) is 0 Å². The Bertz CT molecular complexity index is 303. The second-order valence-electron chi connectivity index (χ2n) is 4.41. The molecule has 2 atom stereocenters. The van der Waals surface area contributed by atoms with Crippen LogP contribution >= 0.6 is 0 Å². The van der Waals surface area contributed by atoms with E-state index in [1.807, 2.05) is 0 Å². The first-order chi connectivity index (χ1) is 7.47. The van der Waals surface area contributed by atoms with E-state index in [0.29, 0.717) is 13.0 Å².